The van der Waals surface area contributed by atoms with E-state index in [0.717, 1.165) is 20.7 Å². The quantitative estimate of drug-likeness (QED) is 0.816. The van der Waals surface area contributed by atoms with Gasteiger partial charge in [-0.05, 0) is 12.1 Å². The molecule has 0 bridgehead atoms. The van der Waals surface area contributed by atoms with E-state index in [9.17, 15) is 4.79 Å². The van der Waals surface area contributed by atoms with Crippen LogP contribution in [0.3, 0.4) is 0 Å². The zero-order chi connectivity index (χ0) is 15.2. The summed E-state index contributed by atoms with van der Waals surface area (Å²) in [5.41, 5.74) is 1.80. The largest absolute Gasteiger partial charge is 0.344 e. The van der Waals surface area contributed by atoms with E-state index >= 15 is 0 Å². The number of nitrogens with zero attached hydrogens (tertiary/aromatic N) is 3. The molecule has 0 atom stereocenters. The van der Waals surface area contributed by atoms with Gasteiger partial charge >= 0.3 is 0 Å². The molecule has 1 aromatic heterocycles. The van der Waals surface area contributed by atoms with E-state index < -0.39 is 0 Å². The van der Waals surface area contributed by atoms with Gasteiger partial charge in [-0.1, -0.05) is 28.1 Å². The van der Waals surface area contributed by atoms with E-state index in [-0.39, 0.29) is 12.3 Å². The van der Waals surface area contributed by atoms with Gasteiger partial charge in [-0.25, -0.2) is 4.98 Å². The summed E-state index contributed by atoms with van der Waals surface area (Å²) in [6, 6.07) is 9.96. The molecular formula is C15H14BrN3OS. The fourth-order valence-electron chi connectivity index (χ4n) is 1.77. The third-order valence-corrected chi connectivity index (χ3v) is 4.37. The molecule has 0 aliphatic carbocycles. The minimum Gasteiger partial charge on any atom is -0.344 e. The minimum atomic E-state index is -0.0173. The van der Waals surface area contributed by atoms with Gasteiger partial charge in [-0.15, -0.1) is 11.3 Å². The molecule has 4 nitrogen and oxygen atoms in total. The molecule has 0 saturated carbocycles. The molecule has 0 fully saturated rings. The lowest BCUT2D eigenvalue weighted by Crippen LogP contribution is -2.29. The third kappa shape index (κ3) is 4.38. The van der Waals surface area contributed by atoms with Crippen LogP contribution in [0.2, 0.25) is 0 Å². The highest BCUT2D eigenvalue weighted by molar-refractivity contribution is 9.10. The number of amides is 1. The van der Waals surface area contributed by atoms with Crippen molar-refractivity contribution in [2.24, 2.45) is 0 Å². The summed E-state index contributed by atoms with van der Waals surface area (Å²) in [5, 5.41) is 11.3. The lowest BCUT2D eigenvalue weighted by atomic mass is 10.2. The van der Waals surface area contributed by atoms with Crippen LogP contribution in [-0.4, -0.2) is 29.4 Å². The van der Waals surface area contributed by atoms with Crippen LogP contribution >= 0.6 is 27.3 Å². The summed E-state index contributed by atoms with van der Waals surface area (Å²) in [6.07, 6.45) is 0.620. The van der Waals surface area contributed by atoms with Crippen molar-refractivity contribution in [3.8, 4) is 16.6 Å². The van der Waals surface area contributed by atoms with Crippen LogP contribution in [0.4, 0.5) is 0 Å². The van der Waals surface area contributed by atoms with Crippen molar-refractivity contribution in [1.29, 1.82) is 5.26 Å². The molecule has 0 spiro atoms. The van der Waals surface area contributed by atoms with Gasteiger partial charge in [0.15, 0.2) is 0 Å². The molecule has 6 heteroatoms. The highest BCUT2D eigenvalue weighted by atomic mass is 79.9. The molecule has 2 aromatic rings. The number of carbonyl (C=O) groups excluding carboxylic acids is 1. The molecule has 0 N–H and O–H groups in total. The lowest BCUT2D eigenvalue weighted by Gasteiger charge is -2.14. The zero-order valence-corrected chi connectivity index (χ0v) is 13.9. The van der Waals surface area contributed by atoms with Crippen LogP contribution in [0.5, 0.6) is 0 Å². The van der Waals surface area contributed by atoms with Gasteiger partial charge in [0.05, 0.1) is 24.6 Å². The maximum Gasteiger partial charge on any atom is 0.228 e. The van der Waals surface area contributed by atoms with Gasteiger partial charge in [0, 0.05) is 29.0 Å². The zero-order valence-electron chi connectivity index (χ0n) is 11.5. The van der Waals surface area contributed by atoms with Crippen LogP contribution in [0.25, 0.3) is 10.6 Å². The van der Waals surface area contributed by atoms with Crippen LogP contribution in [0, 0.1) is 11.3 Å². The summed E-state index contributed by atoms with van der Waals surface area (Å²) in [4.78, 5) is 18.1. The van der Waals surface area contributed by atoms with E-state index in [1.54, 1.807) is 11.9 Å². The highest BCUT2D eigenvalue weighted by Gasteiger charge is 2.12. The van der Waals surface area contributed by atoms with Gasteiger partial charge < -0.3 is 4.90 Å². The molecule has 0 unspecified atom stereocenters. The summed E-state index contributed by atoms with van der Waals surface area (Å²) >= 11 is 4.97. The Bertz CT molecular complexity index is 678. The Morgan fingerprint density at radius 2 is 2.33 bits per heavy atom. The molecule has 0 radical (unpaired) electrons. The van der Waals surface area contributed by atoms with Gasteiger partial charge in [0.1, 0.15) is 5.01 Å². The number of hydrogen-bond donors (Lipinski definition) is 0. The first-order valence-electron chi connectivity index (χ1n) is 6.41. The Hall–Kier alpha value is -1.71. The van der Waals surface area contributed by atoms with E-state index in [2.05, 4.69) is 20.9 Å². The predicted octanol–water partition coefficient (Wildman–Crippen LogP) is 3.49. The van der Waals surface area contributed by atoms with Gasteiger partial charge in [0.25, 0.3) is 0 Å². The molecule has 0 aliphatic rings. The molecule has 0 aliphatic heterocycles. The molecule has 21 heavy (non-hydrogen) atoms. The SMILES string of the molecule is CN(CCC#N)C(=O)Cc1csc(-c2cccc(Br)c2)n1. The number of carbonyl (C=O) groups is 1. The number of aromatic nitrogens is 1. The monoisotopic (exact) mass is 363 g/mol. The van der Waals surface area contributed by atoms with E-state index in [0.29, 0.717) is 13.0 Å². The number of likely N-dealkylation sites (N-methyl/N-ethyl adjacent to an activating group) is 1. The normalized spacial score (nSPS) is 10.1. The summed E-state index contributed by atoms with van der Waals surface area (Å²) < 4.78 is 1.00. The Balaban J connectivity index is 2.04. The fraction of sp³-hybridized carbons (Fsp3) is 0.267. The van der Waals surface area contributed by atoms with Crippen LogP contribution < -0.4 is 0 Å². The lowest BCUT2D eigenvalue weighted by molar-refractivity contribution is -0.129. The van der Waals surface area contributed by atoms with Crippen LogP contribution in [-0.2, 0) is 11.2 Å². The number of thiazole rings is 1. The maximum atomic E-state index is 12.0. The van der Waals surface area contributed by atoms with Crippen molar-refractivity contribution < 1.29 is 4.79 Å². The summed E-state index contributed by atoms with van der Waals surface area (Å²) in [5.74, 6) is -0.0173. The standard InChI is InChI=1S/C15H14BrN3OS/c1-19(7-3-6-17)14(20)9-13-10-21-15(18-13)11-4-2-5-12(16)8-11/h2,4-5,8,10H,3,7,9H2,1H3. The first-order chi connectivity index (χ1) is 10.1. The molecular weight excluding hydrogens is 350 g/mol. The summed E-state index contributed by atoms with van der Waals surface area (Å²) in [6.45, 7) is 0.456. The second-order valence-electron chi connectivity index (χ2n) is 4.55. The Morgan fingerprint density at radius 3 is 3.05 bits per heavy atom. The molecule has 0 saturated heterocycles. The van der Waals surface area contributed by atoms with Crippen molar-refractivity contribution in [1.82, 2.24) is 9.88 Å². The van der Waals surface area contributed by atoms with E-state index in [1.165, 1.54) is 11.3 Å². The molecule has 1 amide bonds. The average molecular weight is 364 g/mol. The minimum absolute atomic E-state index is 0.0173. The van der Waals surface area contributed by atoms with Crippen molar-refractivity contribution in [3.05, 3.63) is 39.8 Å². The van der Waals surface area contributed by atoms with Crippen LogP contribution in [0.15, 0.2) is 34.1 Å². The summed E-state index contributed by atoms with van der Waals surface area (Å²) in [7, 11) is 1.71. The second kappa shape index (κ2) is 7.34. The van der Waals surface area contributed by atoms with E-state index in [4.69, 9.17) is 5.26 Å². The van der Waals surface area contributed by atoms with Crippen molar-refractivity contribution in [3.63, 3.8) is 0 Å². The van der Waals surface area contributed by atoms with Crippen molar-refractivity contribution in [2.75, 3.05) is 13.6 Å². The van der Waals surface area contributed by atoms with Gasteiger partial charge in [-0.3, -0.25) is 4.79 Å². The Labute approximate surface area is 136 Å². The molecule has 108 valence electrons. The first kappa shape index (κ1) is 15.7. The number of rotatable bonds is 5. The average Bonchev–Trinajstić information content (AvgIpc) is 2.93. The Kier molecular flexibility index (Phi) is 5.48. The number of nitriles is 1. The molecule has 2 rings (SSSR count). The highest BCUT2D eigenvalue weighted by Crippen LogP contribution is 2.26. The third-order valence-electron chi connectivity index (χ3n) is 2.94. The molecule has 1 aromatic carbocycles. The van der Waals surface area contributed by atoms with E-state index in [1.807, 2.05) is 35.7 Å². The van der Waals surface area contributed by atoms with Crippen molar-refractivity contribution >= 4 is 33.2 Å². The second-order valence-corrected chi connectivity index (χ2v) is 6.33. The number of halogens is 1. The van der Waals surface area contributed by atoms with Crippen molar-refractivity contribution in [2.45, 2.75) is 12.8 Å². The smallest absolute Gasteiger partial charge is 0.228 e. The topological polar surface area (TPSA) is 57.0 Å². The first-order valence-corrected chi connectivity index (χ1v) is 8.08. The van der Waals surface area contributed by atoms with Gasteiger partial charge in [-0.2, -0.15) is 5.26 Å². The number of hydrogen-bond acceptors (Lipinski definition) is 4. The maximum absolute atomic E-state index is 12.0. The molecule has 1 heterocycles. The fourth-order valence-corrected chi connectivity index (χ4v) is 2.99. The van der Waals surface area contributed by atoms with Crippen LogP contribution in [0.1, 0.15) is 12.1 Å². The predicted molar refractivity (Wildman–Crippen MR) is 86.8 cm³/mol. The Morgan fingerprint density at radius 1 is 1.52 bits per heavy atom. The van der Waals surface area contributed by atoms with Gasteiger partial charge in [0.2, 0.25) is 5.91 Å². The number of benzene rings is 1.